The minimum atomic E-state index is -0.369. The van der Waals surface area contributed by atoms with Crippen molar-refractivity contribution in [3.8, 4) is 17.0 Å². The lowest BCUT2D eigenvalue weighted by Crippen LogP contribution is -2.27. The Morgan fingerprint density at radius 1 is 0.968 bits per heavy atom. The number of carbonyl (C=O) groups is 1. The van der Waals surface area contributed by atoms with E-state index in [1.165, 1.54) is 6.42 Å². The lowest BCUT2D eigenvalue weighted by molar-refractivity contribution is 0.0938. The summed E-state index contributed by atoms with van der Waals surface area (Å²) in [6.45, 7) is 6.11. The number of amides is 1. The van der Waals surface area contributed by atoms with Crippen LogP contribution in [0.5, 0.6) is 5.75 Å². The average Bonchev–Trinajstić information content (AvgIpc) is 2.80. The molecule has 0 aliphatic carbocycles. The van der Waals surface area contributed by atoms with E-state index in [4.69, 9.17) is 0 Å². The van der Waals surface area contributed by atoms with Gasteiger partial charge >= 0.3 is 0 Å². The molecule has 2 aromatic heterocycles. The number of benzene rings is 2. The van der Waals surface area contributed by atoms with Crippen LogP contribution in [0.3, 0.4) is 0 Å². The maximum Gasteiger partial charge on any atom is 0.256 e. The summed E-state index contributed by atoms with van der Waals surface area (Å²) in [6.07, 6.45) is 2.94. The second-order valence-electron chi connectivity index (χ2n) is 7.22. The van der Waals surface area contributed by atoms with Gasteiger partial charge in [-0.05, 0) is 25.1 Å². The minimum Gasteiger partial charge on any atom is -0.505 e. The molecule has 2 aromatic carbocycles. The number of fused-ring (bicyclic) bond motifs is 1. The second kappa shape index (κ2) is 10.3. The number of hydrogen-bond acceptors (Lipinski definition) is 4. The third kappa shape index (κ3) is 5.07. The first kappa shape index (κ1) is 22.0. The molecule has 158 valence electrons. The van der Waals surface area contributed by atoms with Gasteiger partial charge in [-0.3, -0.25) is 9.78 Å². The Bertz CT molecular complexity index is 1150. The van der Waals surface area contributed by atoms with Gasteiger partial charge in [-0.15, -0.1) is 0 Å². The summed E-state index contributed by atoms with van der Waals surface area (Å²) in [7, 11) is 0. The van der Waals surface area contributed by atoms with Crippen molar-refractivity contribution in [3.63, 3.8) is 0 Å². The number of nitrogens with one attached hydrogen (secondary N) is 1. The predicted octanol–water partition coefficient (Wildman–Crippen LogP) is 5.91. The number of aromatic nitrogens is 2. The number of carbonyl (C=O) groups excluding carboxylic acids is 1. The molecule has 0 saturated heterocycles. The summed E-state index contributed by atoms with van der Waals surface area (Å²) in [6, 6.07) is 21.9. The van der Waals surface area contributed by atoms with Crippen molar-refractivity contribution < 1.29 is 9.90 Å². The zero-order valence-corrected chi connectivity index (χ0v) is 18.0. The SMILES string of the molecule is CC(NC(=O)c1c(O)c(-c2ccccc2)nc2ccccc12)c1ccccn1.CCC. The lowest BCUT2D eigenvalue weighted by Gasteiger charge is -2.16. The van der Waals surface area contributed by atoms with Gasteiger partial charge in [-0.2, -0.15) is 0 Å². The third-order valence-electron chi connectivity index (χ3n) is 4.62. The van der Waals surface area contributed by atoms with Gasteiger partial charge in [0.2, 0.25) is 0 Å². The Morgan fingerprint density at radius 3 is 2.29 bits per heavy atom. The molecule has 1 unspecified atom stereocenters. The Hall–Kier alpha value is -3.73. The van der Waals surface area contributed by atoms with Gasteiger partial charge in [0.05, 0.1) is 22.8 Å². The molecule has 31 heavy (non-hydrogen) atoms. The van der Waals surface area contributed by atoms with Crippen molar-refractivity contribution in [1.29, 1.82) is 0 Å². The zero-order chi connectivity index (χ0) is 22.2. The van der Waals surface area contributed by atoms with E-state index >= 15 is 0 Å². The van der Waals surface area contributed by atoms with E-state index in [1.807, 2.05) is 73.7 Å². The monoisotopic (exact) mass is 413 g/mol. The molecule has 1 amide bonds. The summed E-state index contributed by atoms with van der Waals surface area (Å²) in [5.41, 5.74) is 2.74. The first-order valence-electron chi connectivity index (χ1n) is 10.5. The summed E-state index contributed by atoms with van der Waals surface area (Å²) in [4.78, 5) is 22.0. The topological polar surface area (TPSA) is 75.1 Å². The minimum absolute atomic E-state index is 0.129. The van der Waals surface area contributed by atoms with Crippen molar-refractivity contribution in [2.45, 2.75) is 33.2 Å². The smallest absolute Gasteiger partial charge is 0.256 e. The molecule has 0 spiro atoms. The van der Waals surface area contributed by atoms with Crippen LogP contribution in [-0.2, 0) is 0 Å². The van der Waals surface area contributed by atoms with E-state index in [2.05, 4.69) is 29.1 Å². The van der Waals surface area contributed by atoms with Crippen LogP contribution in [0.1, 0.15) is 49.3 Å². The van der Waals surface area contributed by atoms with Crippen molar-refractivity contribution >= 4 is 16.8 Å². The number of nitrogens with zero attached hydrogens (tertiary/aromatic N) is 2. The number of rotatable bonds is 4. The highest BCUT2D eigenvalue weighted by atomic mass is 16.3. The van der Waals surface area contributed by atoms with Crippen LogP contribution in [0.15, 0.2) is 79.0 Å². The van der Waals surface area contributed by atoms with Gasteiger partial charge in [0.1, 0.15) is 5.69 Å². The maximum absolute atomic E-state index is 13.1. The standard InChI is InChI=1S/C23H19N3O2.C3H8/c1-15(18-12-7-8-14-24-18)25-23(28)20-17-11-5-6-13-19(17)26-21(22(20)27)16-9-3-2-4-10-16;1-3-2/h2-15,27H,1H3,(H,25,28);3H2,1-2H3. The van der Waals surface area contributed by atoms with E-state index in [-0.39, 0.29) is 23.3 Å². The van der Waals surface area contributed by atoms with E-state index < -0.39 is 0 Å². The molecule has 0 bridgehead atoms. The number of pyridine rings is 2. The predicted molar refractivity (Wildman–Crippen MR) is 125 cm³/mol. The Morgan fingerprint density at radius 2 is 1.61 bits per heavy atom. The van der Waals surface area contributed by atoms with Gasteiger partial charge in [0.25, 0.3) is 5.91 Å². The van der Waals surface area contributed by atoms with Crippen LogP contribution in [0.4, 0.5) is 0 Å². The van der Waals surface area contributed by atoms with Crippen LogP contribution in [0.2, 0.25) is 0 Å². The molecule has 0 fully saturated rings. The molecule has 0 saturated carbocycles. The molecule has 2 N–H and O–H groups in total. The highest BCUT2D eigenvalue weighted by Gasteiger charge is 2.22. The molecular weight excluding hydrogens is 386 g/mol. The van der Waals surface area contributed by atoms with Gasteiger partial charge in [0.15, 0.2) is 5.75 Å². The highest BCUT2D eigenvalue weighted by Crippen LogP contribution is 2.35. The average molecular weight is 414 g/mol. The van der Waals surface area contributed by atoms with Gasteiger partial charge in [-0.1, -0.05) is 74.9 Å². The lowest BCUT2D eigenvalue weighted by atomic mass is 10.0. The van der Waals surface area contributed by atoms with E-state index in [0.29, 0.717) is 16.6 Å². The molecular formula is C26H27N3O2. The van der Waals surface area contributed by atoms with Gasteiger partial charge in [-0.25, -0.2) is 4.98 Å². The summed E-state index contributed by atoms with van der Waals surface area (Å²) >= 11 is 0. The molecule has 4 aromatic rings. The first-order valence-corrected chi connectivity index (χ1v) is 10.5. The number of hydrogen-bond donors (Lipinski definition) is 2. The molecule has 2 heterocycles. The zero-order valence-electron chi connectivity index (χ0n) is 18.0. The van der Waals surface area contributed by atoms with E-state index in [0.717, 1.165) is 11.3 Å². The molecule has 0 aliphatic rings. The van der Waals surface area contributed by atoms with Crippen molar-refractivity contribution in [3.05, 3.63) is 90.3 Å². The van der Waals surface area contributed by atoms with Crippen molar-refractivity contribution in [2.24, 2.45) is 0 Å². The van der Waals surface area contributed by atoms with Crippen molar-refractivity contribution in [2.75, 3.05) is 0 Å². The maximum atomic E-state index is 13.1. The summed E-state index contributed by atoms with van der Waals surface area (Å²) in [5.74, 6) is -0.498. The fourth-order valence-electron chi connectivity index (χ4n) is 3.20. The summed E-state index contributed by atoms with van der Waals surface area (Å²) < 4.78 is 0. The fraction of sp³-hybridized carbons (Fsp3) is 0.192. The van der Waals surface area contributed by atoms with Crippen molar-refractivity contribution in [1.82, 2.24) is 15.3 Å². The van der Waals surface area contributed by atoms with Gasteiger partial charge in [0, 0.05) is 17.1 Å². The Kier molecular flexibility index (Phi) is 7.33. The van der Waals surface area contributed by atoms with E-state index in [1.54, 1.807) is 12.3 Å². The number of para-hydroxylation sites is 1. The largest absolute Gasteiger partial charge is 0.505 e. The second-order valence-corrected chi connectivity index (χ2v) is 7.22. The van der Waals surface area contributed by atoms with Crippen LogP contribution in [0, 0.1) is 0 Å². The summed E-state index contributed by atoms with van der Waals surface area (Å²) in [5, 5.41) is 14.5. The van der Waals surface area contributed by atoms with Crippen LogP contribution in [-0.4, -0.2) is 21.0 Å². The normalized spacial score (nSPS) is 11.3. The molecule has 1 atom stereocenters. The molecule has 4 rings (SSSR count). The third-order valence-corrected chi connectivity index (χ3v) is 4.62. The van der Waals surface area contributed by atoms with Crippen LogP contribution < -0.4 is 5.32 Å². The fourth-order valence-corrected chi connectivity index (χ4v) is 3.20. The van der Waals surface area contributed by atoms with Crippen LogP contribution >= 0.6 is 0 Å². The quantitative estimate of drug-likeness (QED) is 0.436. The molecule has 0 aliphatic heterocycles. The number of aromatic hydroxyl groups is 1. The van der Waals surface area contributed by atoms with Gasteiger partial charge < -0.3 is 10.4 Å². The van der Waals surface area contributed by atoms with Crippen LogP contribution in [0.25, 0.3) is 22.2 Å². The Labute approximate surface area is 182 Å². The van der Waals surface area contributed by atoms with E-state index in [9.17, 15) is 9.90 Å². The molecule has 0 radical (unpaired) electrons. The highest BCUT2D eigenvalue weighted by molar-refractivity contribution is 6.10. The molecule has 5 nitrogen and oxygen atoms in total. The molecule has 5 heteroatoms. The first-order chi connectivity index (χ1) is 15.1. The Balaban J connectivity index is 0.000000858.